The maximum Gasteiger partial charge on any atom is 0.471 e. The number of nitriles is 1. The Morgan fingerprint density at radius 3 is 2.24 bits per heavy atom. The lowest BCUT2D eigenvalue weighted by molar-refractivity contribution is -0.175. The fraction of sp³-hybridized carbons (Fsp3) is 0.700. The minimum Gasteiger partial charge on any atom is -0.339 e. The third kappa shape index (κ3) is 5.78. The third-order valence-electron chi connectivity index (χ3n) is 6.23. The van der Waals surface area contributed by atoms with Crippen LogP contribution in [-0.2, 0) is 14.4 Å². The average Bonchev–Trinajstić information content (AvgIpc) is 3.03. The van der Waals surface area contributed by atoms with Crippen LogP contribution in [0, 0.1) is 28.6 Å². The zero-order valence-electron chi connectivity index (χ0n) is 18.1. The van der Waals surface area contributed by atoms with Crippen LogP contribution >= 0.6 is 0 Å². The summed E-state index contributed by atoms with van der Waals surface area (Å²) in [5, 5.41) is 12.8. The number of halogens is 6. The lowest BCUT2D eigenvalue weighted by Gasteiger charge is -2.34. The molecule has 1 aliphatic carbocycles. The van der Waals surface area contributed by atoms with Gasteiger partial charge in [-0.05, 0) is 36.2 Å². The van der Waals surface area contributed by atoms with Gasteiger partial charge in [-0.15, -0.1) is 0 Å². The second kappa shape index (κ2) is 8.87. The third-order valence-corrected chi connectivity index (χ3v) is 6.23. The maximum atomic E-state index is 13.2. The van der Waals surface area contributed by atoms with E-state index in [-0.39, 0.29) is 23.8 Å². The van der Waals surface area contributed by atoms with Crippen molar-refractivity contribution in [1.82, 2.24) is 15.5 Å². The molecule has 1 heterocycles. The lowest BCUT2D eigenvalue weighted by Crippen LogP contribution is -2.58. The smallest absolute Gasteiger partial charge is 0.339 e. The number of piperidine rings is 1. The van der Waals surface area contributed by atoms with Crippen LogP contribution in [0.25, 0.3) is 0 Å². The largest absolute Gasteiger partial charge is 0.471 e. The summed E-state index contributed by atoms with van der Waals surface area (Å²) >= 11 is 0. The van der Waals surface area contributed by atoms with Crippen molar-refractivity contribution < 1.29 is 40.7 Å². The summed E-state index contributed by atoms with van der Waals surface area (Å²) in [7, 11) is 0. The first-order valence-electron chi connectivity index (χ1n) is 10.0. The lowest BCUT2D eigenvalue weighted by atomic mass is 9.97. The van der Waals surface area contributed by atoms with Gasteiger partial charge in [-0.25, -0.2) is 0 Å². The van der Waals surface area contributed by atoms with Crippen LogP contribution in [-0.4, -0.2) is 59.6 Å². The Labute approximate surface area is 186 Å². The van der Waals surface area contributed by atoms with Crippen molar-refractivity contribution in [2.45, 2.75) is 64.1 Å². The van der Waals surface area contributed by atoms with Gasteiger partial charge in [0.25, 0.3) is 0 Å². The summed E-state index contributed by atoms with van der Waals surface area (Å²) in [6.07, 6.45) is -12.4. The van der Waals surface area contributed by atoms with Crippen LogP contribution in [0.2, 0.25) is 0 Å². The topological polar surface area (TPSA) is 102 Å². The molecule has 2 rings (SSSR count). The molecule has 13 heteroatoms. The molecule has 2 aliphatic rings. The van der Waals surface area contributed by atoms with Gasteiger partial charge in [0.2, 0.25) is 11.8 Å². The average molecular weight is 482 g/mol. The minimum absolute atomic E-state index is 0.0412. The predicted octanol–water partition coefficient (Wildman–Crippen LogP) is 2.44. The molecule has 5 atom stereocenters. The molecule has 1 aliphatic heterocycles. The van der Waals surface area contributed by atoms with Gasteiger partial charge in [0, 0.05) is 13.0 Å². The molecule has 0 aromatic rings. The number of rotatable bonds is 7. The van der Waals surface area contributed by atoms with Crippen molar-refractivity contribution in [1.29, 1.82) is 5.26 Å². The van der Waals surface area contributed by atoms with Gasteiger partial charge in [0.05, 0.1) is 6.07 Å². The van der Waals surface area contributed by atoms with E-state index in [1.54, 1.807) is 6.07 Å². The fourth-order valence-corrected chi connectivity index (χ4v) is 4.31. The number of carbonyl (C=O) groups excluding carboxylic acids is 3. The first kappa shape index (κ1) is 26.5. The molecule has 1 saturated heterocycles. The molecule has 7 nitrogen and oxygen atoms in total. The molecular formula is C20H24F6N4O3. The molecule has 0 unspecified atom stereocenters. The highest BCUT2D eigenvalue weighted by Crippen LogP contribution is 2.65. The van der Waals surface area contributed by atoms with Crippen LogP contribution in [0.1, 0.15) is 33.6 Å². The molecule has 0 aromatic heterocycles. The summed E-state index contributed by atoms with van der Waals surface area (Å²) < 4.78 is 76.3. The van der Waals surface area contributed by atoms with Crippen LogP contribution in [0.4, 0.5) is 26.3 Å². The zero-order valence-corrected chi connectivity index (χ0v) is 18.1. The number of likely N-dealkylation sites (tertiary alicyclic amines) is 1. The highest BCUT2D eigenvalue weighted by molar-refractivity contribution is 5.96. The summed E-state index contributed by atoms with van der Waals surface area (Å²) in [5.74, 6) is -4.94. The van der Waals surface area contributed by atoms with Crippen molar-refractivity contribution in [3.8, 4) is 6.07 Å². The zero-order chi connectivity index (χ0) is 25.5. The molecule has 2 N–H and O–H groups in total. The number of carbonyl (C=O) groups is 3. The first-order valence-corrected chi connectivity index (χ1v) is 10.0. The fourth-order valence-electron chi connectivity index (χ4n) is 4.31. The van der Waals surface area contributed by atoms with Crippen LogP contribution in [0.15, 0.2) is 12.2 Å². The molecule has 1 saturated carbocycles. The van der Waals surface area contributed by atoms with E-state index in [0.717, 1.165) is 4.90 Å². The Hall–Kier alpha value is -2.78. The van der Waals surface area contributed by atoms with E-state index in [0.29, 0.717) is 0 Å². The Bertz CT molecular complexity index is 876. The first-order chi connectivity index (χ1) is 14.9. The van der Waals surface area contributed by atoms with E-state index < -0.39 is 66.6 Å². The Balaban J connectivity index is 2.32. The van der Waals surface area contributed by atoms with Crippen molar-refractivity contribution in [3.63, 3.8) is 0 Å². The Morgan fingerprint density at radius 1 is 1.18 bits per heavy atom. The highest BCUT2D eigenvalue weighted by Gasteiger charge is 2.69. The van der Waals surface area contributed by atoms with Gasteiger partial charge in [0.15, 0.2) is 0 Å². The van der Waals surface area contributed by atoms with E-state index in [1.165, 1.54) is 12.2 Å². The number of nitrogens with one attached hydrogen (secondary N) is 2. The normalized spacial score (nSPS) is 25.3. The number of hydrogen-bond donors (Lipinski definition) is 2. The SMILES string of the molecule is C=C(CCC(F)(F)F)[C@H](NC(=O)C(F)(F)F)C(=O)N1C[C@H]2[C@@H]([C@H]1C(=O)N[C@@H](C)C#N)C2(C)C. The van der Waals surface area contributed by atoms with Crippen LogP contribution in [0.3, 0.4) is 0 Å². The van der Waals surface area contributed by atoms with Crippen molar-refractivity contribution in [2.75, 3.05) is 6.54 Å². The number of nitrogens with zero attached hydrogens (tertiary/aromatic N) is 2. The molecule has 0 radical (unpaired) electrons. The molecule has 3 amide bonds. The van der Waals surface area contributed by atoms with Crippen molar-refractivity contribution in [3.05, 3.63) is 12.2 Å². The maximum absolute atomic E-state index is 13.2. The van der Waals surface area contributed by atoms with E-state index in [4.69, 9.17) is 5.26 Å². The summed E-state index contributed by atoms with van der Waals surface area (Å²) in [6.45, 7) is 8.32. The van der Waals surface area contributed by atoms with Gasteiger partial charge in [-0.3, -0.25) is 14.4 Å². The number of fused-ring (bicyclic) bond motifs is 1. The number of alkyl halides is 6. The molecular weight excluding hydrogens is 458 g/mol. The minimum atomic E-state index is -5.39. The number of amides is 3. The summed E-state index contributed by atoms with van der Waals surface area (Å²) in [6, 6.07) is -2.39. The van der Waals surface area contributed by atoms with Crippen molar-refractivity contribution >= 4 is 17.7 Å². The van der Waals surface area contributed by atoms with Gasteiger partial charge >= 0.3 is 18.3 Å². The Kier molecular flexibility index (Phi) is 7.12. The van der Waals surface area contributed by atoms with E-state index in [2.05, 4.69) is 11.9 Å². The van der Waals surface area contributed by atoms with Gasteiger partial charge in [0.1, 0.15) is 18.1 Å². The molecule has 0 spiro atoms. The van der Waals surface area contributed by atoms with Gasteiger partial charge in [-0.2, -0.15) is 31.6 Å². The molecule has 184 valence electrons. The molecule has 33 heavy (non-hydrogen) atoms. The monoisotopic (exact) mass is 482 g/mol. The summed E-state index contributed by atoms with van der Waals surface area (Å²) in [4.78, 5) is 38.4. The van der Waals surface area contributed by atoms with Crippen molar-refractivity contribution in [2.24, 2.45) is 17.3 Å². The second-order valence-electron chi connectivity index (χ2n) is 8.93. The van der Waals surface area contributed by atoms with E-state index in [9.17, 15) is 40.7 Å². The quantitative estimate of drug-likeness (QED) is 0.430. The predicted molar refractivity (Wildman–Crippen MR) is 102 cm³/mol. The van der Waals surface area contributed by atoms with E-state index in [1.807, 2.05) is 13.8 Å². The second-order valence-corrected chi connectivity index (χ2v) is 8.93. The van der Waals surface area contributed by atoms with Crippen LogP contribution in [0.5, 0.6) is 0 Å². The summed E-state index contributed by atoms with van der Waals surface area (Å²) in [5.41, 5.74) is -0.938. The molecule has 2 fully saturated rings. The Morgan fingerprint density at radius 2 is 1.76 bits per heavy atom. The van der Waals surface area contributed by atoms with Gasteiger partial charge in [-0.1, -0.05) is 20.4 Å². The van der Waals surface area contributed by atoms with E-state index >= 15 is 0 Å². The van der Waals surface area contributed by atoms with Crippen LogP contribution < -0.4 is 10.6 Å². The number of hydrogen-bond acceptors (Lipinski definition) is 4. The highest BCUT2D eigenvalue weighted by atomic mass is 19.4. The van der Waals surface area contributed by atoms with Gasteiger partial charge < -0.3 is 15.5 Å². The molecule has 0 aromatic carbocycles. The molecule has 0 bridgehead atoms. The standard InChI is InChI=1S/C20H24F6N4O3/c1-9(5-6-19(21,22)23)13(29-17(33)20(24,25)26)16(32)30-8-11-12(18(11,3)4)14(30)15(31)28-10(2)7-27/h10-14H,1,5-6,8H2,2-4H3,(H,28,31)(H,29,33)/t10-,11-,12-,13-,14-/m0/s1.